The topological polar surface area (TPSA) is 0 Å². The highest BCUT2D eigenvalue weighted by Gasteiger charge is 2.39. The summed E-state index contributed by atoms with van der Waals surface area (Å²) in [5.74, 6) is 0. The third-order valence-electron chi connectivity index (χ3n) is 13.8. The first-order valence-electron chi connectivity index (χ1n) is 18.7. The molecule has 0 radical (unpaired) electrons. The molecule has 0 aromatic rings. The van der Waals surface area contributed by atoms with Crippen molar-refractivity contribution in [3.63, 3.8) is 0 Å². The third-order valence-corrected chi connectivity index (χ3v) is 13.8. The Kier molecular flexibility index (Phi) is 11.1. The average molecular weight is 525 g/mol. The molecule has 0 heterocycles. The molecule has 8 rings (SSSR count). The van der Waals surface area contributed by atoms with Crippen LogP contribution in [-0.2, 0) is 0 Å². The molecular weight excluding hydrogens is 456 g/mol. The van der Waals surface area contributed by atoms with E-state index in [4.69, 9.17) is 0 Å². The number of hydrogen-bond donors (Lipinski definition) is 0. The maximum absolute atomic E-state index is 1.56. The van der Waals surface area contributed by atoms with Crippen molar-refractivity contribution in [1.82, 2.24) is 0 Å². The van der Waals surface area contributed by atoms with E-state index in [1.54, 1.807) is 103 Å². The van der Waals surface area contributed by atoms with E-state index in [2.05, 4.69) is 0 Å². The Morgan fingerprint density at radius 2 is 0.263 bits per heavy atom. The van der Waals surface area contributed by atoms with E-state index in [1.807, 2.05) is 0 Å². The average Bonchev–Trinajstić information content (AvgIpc) is 3.77. The van der Waals surface area contributed by atoms with Gasteiger partial charge in [0, 0.05) is 0 Å². The maximum Gasteiger partial charge on any atom is -0.0297 e. The summed E-state index contributed by atoms with van der Waals surface area (Å²) < 4.78 is 0. The van der Waals surface area contributed by atoms with Crippen molar-refractivity contribution in [1.29, 1.82) is 0 Å². The Morgan fingerprint density at radius 1 is 0.132 bits per heavy atom. The van der Waals surface area contributed by atoms with Crippen molar-refractivity contribution < 1.29 is 0 Å². The van der Waals surface area contributed by atoms with Gasteiger partial charge in [-0.3, -0.25) is 0 Å². The second-order valence-electron chi connectivity index (χ2n) is 16.4. The van der Waals surface area contributed by atoms with Crippen LogP contribution in [0, 0.1) is 21.7 Å². The first kappa shape index (κ1) is 29.5. The van der Waals surface area contributed by atoms with Gasteiger partial charge in [-0.05, 0) is 124 Å². The summed E-state index contributed by atoms with van der Waals surface area (Å²) in [6.07, 6.45) is 52.5. The number of rotatable bonds is 0. The fourth-order valence-corrected chi connectivity index (χ4v) is 11.1. The molecule has 8 aliphatic carbocycles. The van der Waals surface area contributed by atoms with Crippen molar-refractivity contribution in [3.05, 3.63) is 0 Å². The zero-order valence-corrected chi connectivity index (χ0v) is 26.0. The third kappa shape index (κ3) is 8.05. The largest absolute Gasteiger partial charge is 0.0533 e. The molecule has 0 aromatic carbocycles. The lowest BCUT2D eigenvalue weighted by Gasteiger charge is -2.40. The Hall–Kier alpha value is 0. The molecule has 8 saturated carbocycles. The molecule has 0 bridgehead atoms. The summed E-state index contributed by atoms with van der Waals surface area (Å²) >= 11 is 0. The summed E-state index contributed by atoms with van der Waals surface area (Å²) in [7, 11) is 0. The van der Waals surface area contributed by atoms with Crippen molar-refractivity contribution in [2.45, 2.75) is 218 Å². The first-order valence-corrected chi connectivity index (χ1v) is 18.7. The molecule has 0 N–H and O–H groups in total. The molecule has 220 valence electrons. The minimum Gasteiger partial charge on any atom is -0.0533 e. The smallest absolute Gasteiger partial charge is 0.0297 e. The molecule has 0 aliphatic heterocycles. The van der Waals surface area contributed by atoms with Crippen LogP contribution in [0.3, 0.4) is 0 Å². The van der Waals surface area contributed by atoms with Gasteiger partial charge in [-0.2, -0.15) is 0 Å². The van der Waals surface area contributed by atoms with Crippen LogP contribution in [0.1, 0.15) is 218 Å². The first-order chi connectivity index (χ1) is 18.7. The fraction of sp³-hybridized carbons (Fsp3) is 1.00. The summed E-state index contributed by atoms with van der Waals surface area (Å²) in [5.41, 5.74) is 3.54. The van der Waals surface area contributed by atoms with Gasteiger partial charge in [0.2, 0.25) is 0 Å². The van der Waals surface area contributed by atoms with Gasteiger partial charge in [-0.1, -0.05) is 116 Å². The molecule has 0 amide bonds. The second-order valence-corrected chi connectivity index (χ2v) is 16.4. The summed E-state index contributed by atoms with van der Waals surface area (Å²) in [6, 6.07) is 0. The Bertz CT molecular complexity index is 585. The van der Waals surface area contributed by atoms with Gasteiger partial charge >= 0.3 is 0 Å². The summed E-state index contributed by atoms with van der Waals surface area (Å²) in [6.45, 7) is 0. The van der Waals surface area contributed by atoms with Gasteiger partial charge in [0.25, 0.3) is 0 Å². The zero-order valence-electron chi connectivity index (χ0n) is 26.0. The van der Waals surface area contributed by atoms with Crippen molar-refractivity contribution in [3.8, 4) is 0 Å². The van der Waals surface area contributed by atoms with Crippen LogP contribution in [0.5, 0.6) is 0 Å². The quantitative estimate of drug-likeness (QED) is 0.295. The second kappa shape index (κ2) is 14.3. The lowest BCUT2D eigenvalue weighted by Crippen LogP contribution is -2.26. The van der Waals surface area contributed by atoms with Gasteiger partial charge in [-0.25, -0.2) is 0 Å². The van der Waals surface area contributed by atoms with Crippen LogP contribution in [-0.4, -0.2) is 0 Å². The molecule has 0 saturated heterocycles. The predicted octanol–water partition coefficient (Wildman–Crippen LogP) is 13.3. The molecule has 0 aromatic heterocycles. The predicted molar refractivity (Wildman–Crippen MR) is 167 cm³/mol. The van der Waals surface area contributed by atoms with Crippen LogP contribution in [0.4, 0.5) is 0 Å². The molecule has 8 fully saturated rings. The van der Waals surface area contributed by atoms with Gasteiger partial charge in [-0.15, -0.1) is 0 Å². The van der Waals surface area contributed by atoms with Crippen molar-refractivity contribution in [2.75, 3.05) is 0 Å². The van der Waals surface area contributed by atoms with E-state index in [1.165, 1.54) is 116 Å². The van der Waals surface area contributed by atoms with Crippen LogP contribution >= 0.6 is 0 Å². The van der Waals surface area contributed by atoms with Gasteiger partial charge in [0.1, 0.15) is 0 Å². The molecular formula is C38H68. The van der Waals surface area contributed by atoms with Crippen LogP contribution < -0.4 is 0 Å². The van der Waals surface area contributed by atoms with Crippen molar-refractivity contribution in [2.24, 2.45) is 21.7 Å². The lowest BCUT2D eigenvalue weighted by molar-refractivity contribution is 0.124. The van der Waals surface area contributed by atoms with Crippen LogP contribution in [0.25, 0.3) is 0 Å². The molecule has 8 aliphatic rings. The highest BCUT2D eigenvalue weighted by molar-refractivity contribution is 4.91. The molecule has 0 unspecified atom stereocenters. The Balaban J connectivity index is 0.000000104. The van der Waals surface area contributed by atoms with E-state index in [9.17, 15) is 0 Å². The SMILES string of the molecule is C1CCC2(C1)CCC2.C1CCC2(C1)CCCC2.C1CCC2(CC1)CCCC2.C1CCC2(CC1)CCCCC2. The van der Waals surface area contributed by atoms with E-state index in [0.29, 0.717) is 0 Å². The van der Waals surface area contributed by atoms with Crippen molar-refractivity contribution >= 4 is 0 Å². The monoisotopic (exact) mass is 525 g/mol. The minimum atomic E-state index is 0.858. The molecule has 0 heteroatoms. The van der Waals surface area contributed by atoms with Crippen LogP contribution in [0.15, 0.2) is 0 Å². The van der Waals surface area contributed by atoms with E-state index >= 15 is 0 Å². The van der Waals surface area contributed by atoms with E-state index in [0.717, 1.165) is 21.7 Å². The highest BCUT2D eigenvalue weighted by Crippen LogP contribution is 2.53. The zero-order chi connectivity index (χ0) is 26.0. The Labute approximate surface area is 239 Å². The van der Waals surface area contributed by atoms with Gasteiger partial charge in [0.05, 0.1) is 0 Å². The fourth-order valence-electron chi connectivity index (χ4n) is 11.1. The molecule has 0 atom stereocenters. The van der Waals surface area contributed by atoms with Gasteiger partial charge < -0.3 is 0 Å². The molecule has 4 spiro atoms. The van der Waals surface area contributed by atoms with E-state index in [-0.39, 0.29) is 0 Å². The highest BCUT2D eigenvalue weighted by atomic mass is 14.4. The molecule has 38 heavy (non-hydrogen) atoms. The minimum absolute atomic E-state index is 0.858. The van der Waals surface area contributed by atoms with Crippen LogP contribution in [0.2, 0.25) is 0 Å². The number of hydrogen-bond acceptors (Lipinski definition) is 0. The maximum atomic E-state index is 1.56. The molecule has 0 nitrogen and oxygen atoms in total. The standard InChI is InChI=1S/C11H20.C10H18.C9H16.C8H14/c1-3-7-11(8-4-1)9-5-2-6-10-11;1-2-6-10(7-3-1)8-4-5-9-10;1-2-6-9(5-1)7-3-4-8-9;1-2-5-8(4-1)6-3-7-8/h1-10H2;1-9H2;1-8H2;1-7H2. The Morgan fingerprint density at radius 3 is 0.395 bits per heavy atom. The summed E-state index contributed by atoms with van der Waals surface area (Å²) in [5, 5.41) is 0. The van der Waals surface area contributed by atoms with Gasteiger partial charge in [0.15, 0.2) is 0 Å². The van der Waals surface area contributed by atoms with E-state index < -0.39 is 0 Å². The normalized spacial score (nSPS) is 31.6. The lowest BCUT2D eigenvalue weighted by atomic mass is 9.65. The summed E-state index contributed by atoms with van der Waals surface area (Å²) in [4.78, 5) is 0.